The van der Waals surface area contributed by atoms with Crippen molar-refractivity contribution < 1.29 is 9.53 Å². The second kappa shape index (κ2) is 11.7. The van der Waals surface area contributed by atoms with Crippen molar-refractivity contribution in [2.24, 2.45) is 10.2 Å². The summed E-state index contributed by atoms with van der Waals surface area (Å²) >= 11 is 0. The van der Waals surface area contributed by atoms with Crippen LogP contribution in [0.4, 0.5) is 17.1 Å². The normalized spacial score (nSPS) is 11.1. The summed E-state index contributed by atoms with van der Waals surface area (Å²) in [5.74, 6) is -0.364. The minimum Gasteiger partial charge on any atom is -0.460 e. The van der Waals surface area contributed by atoms with E-state index in [4.69, 9.17) is 10.00 Å². The van der Waals surface area contributed by atoms with Gasteiger partial charge in [-0.25, -0.2) is 4.79 Å². The van der Waals surface area contributed by atoms with Gasteiger partial charge in [-0.2, -0.15) is 15.5 Å². The molecule has 4 aromatic carbocycles. The van der Waals surface area contributed by atoms with E-state index in [2.05, 4.69) is 87.8 Å². The number of carbonyl (C=O) groups excluding carboxylic acids is 1. The standard InChI is InChI=1S/C33H29N5O2/c1-4-37(19-20-40-33(39)23(2)3)27-14-16-28(17-15-27)38-31-8-6-5-7-29(31)30-21-26(13-18-32(30)38)36-35-25-11-9-24(22-34)10-12-25/h5-18,21H,2,4,19-20H2,1,3H3. The van der Waals surface area contributed by atoms with Gasteiger partial charge < -0.3 is 14.2 Å². The van der Waals surface area contributed by atoms with Crippen molar-refractivity contribution in [2.45, 2.75) is 13.8 Å². The number of esters is 1. The number of fused-ring (bicyclic) bond motifs is 3. The summed E-state index contributed by atoms with van der Waals surface area (Å²) in [7, 11) is 0. The molecule has 5 rings (SSSR count). The Kier molecular flexibility index (Phi) is 7.70. The molecule has 0 aliphatic carbocycles. The summed E-state index contributed by atoms with van der Waals surface area (Å²) in [6, 6.07) is 32.0. The Morgan fingerprint density at radius 1 is 0.925 bits per heavy atom. The fraction of sp³-hybridized carbons (Fsp3) is 0.152. The van der Waals surface area contributed by atoms with Gasteiger partial charge in [0.05, 0.1) is 40.6 Å². The Bertz CT molecular complexity index is 1760. The van der Waals surface area contributed by atoms with Gasteiger partial charge in [0.1, 0.15) is 6.61 Å². The predicted octanol–water partition coefficient (Wildman–Crippen LogP) is 8.02. The topological polar surface area (TPSA) is 83.0 Å². The molecule has 7 heteroatoms. The Hall–Kier alpha value is -5.22. The van der Waals surface area contributed by atoms with E-state index in [9.17, 15) is 4.79 Å². The average molecular weight is 528 g/mol. The molecule has 40 heavy (non-hydrogen) atoms. The third-order valence-electron chi connectivity index (χ3n) is 6.73. The van der Waals surface area contributed by atoms with Crippen molar-refractivity contribution in [3.05, 3.63) is 109 Å². The van der Waals surface area contributed by atoms with Crippen LogP contribution in [0.1, 0.15) is 19.4 Å². The van der Waals surface area contributed by atoms with E-state index in [0.29, 0.717) is 30.0 Å². The Balaban J connectivity index is 1.43. The minimum atomic E-state index is -0.364. The van der Waals surface area contributed by atoms with Crippen molar-refractivity contribution in [1.29, 1.82) is 5.26 Å². The molecule has 198 valence electrons. The number of hydrogen-bond donors (Lipinski definition) is 0. The average Bonchev–Trinajstić information content (AvgIpc) is 3.32. The second-order valence-corrected chi connectivity index (χ2v) is 9.43. The number of carbonyl (C=O) groups is 1. The Labute approximate surface area is 233 Å². The number of benzene rings is 4. The van der Waals surface area contributed by atoms with Gasteiger partial charge in [0.2, 0.25) is 0 Å². The molecule has 0 saturated carbocycles. The molecule has 1 aromatic heterocycles. The number of para-hydroxylation sites is 1. The quantitative estimate of drug-likeness (QED) is 0.110. The SMILES string of the molecule is C=C(C)C(=O)OCCN(CC)c1ccc(-n2c3ccccc3c3cc(N=Nc4ccc(C#N)cc4)ccc32)cc1. The molecule has 0 amide bonds. The number of nitrogens with zero attached hydrogens (tertiary/aromatic N) is 5. The van der Waals surface area contributed by atoms with Crippen LogP contribution < -0.4 is 4.90 Å². The van der Waals surface area contributed by atoms with Crippen LogP contribution in [0.2, 0.25) is 0 Å². The number of hydrogen-bond acceptors (Lipinski definition) is 6. The third-order valence-corrected chi connectivity index (χ3v) is 6.73. The number of rotatable bonds is 9. The molecule has 0 fully saturated rings. The maximum Gasteiger partial charge on any atom is 0.333 e. The van der Waals surface area contributed by atoms with E-state index < -0.39 is 0 Å². The number of anilines is 1. The highest BCUT2D eigenvalue weighted by atomic mass is 16.5. The monoisotopic (exact) mass is 527 g/mol. The first kappa shape index (κ1) is 26.4. The molecule has 7 nitrogen and oxygen atoms in total. The molecule has 1 heterocycles. The summed E-state index contributed by atoms with van der Waals surface area (Å²) < 4.78 is 7.54. The predicted molar refractivity (Wildman–Crippen MR) is 160 cm³/mol. The molecule has 0 aliphatic rings. The van der Waals surface area contributed by atoms with E-state index in [0.717, 1.165) is 45.4 Å². The van der Waals surface area contributed by atoms with E-state index in [1.54, 1.807) is 31.2 Å². The van der Waals surface area contributed by atoms with E-state index in [1.165, 1.54) is 0 Å². The van der Waals surface area contributed by atoms with Crippen molar-refractivity contribution in [3.8, 4) is 11.8 Å². The number of aromatic nitrogens is 1. The zero-order valence-electron chi connectivity index (χ0n) is 22.5. The third kappa shape index (κ3) is 5.47. The van der Waals surface area contributed by atoms with Crippen LogP contribution in [-0.4, -0.2) is 30.2 Å². The van der Waals surface area contributed by atoms with E-state index in [-0.39, 0.29) is 5.97 Å². The molecule has 0 aliphatic heterocycles. The van der Waals surface area contributed by atoms with Gasteiger partial charge in [-0.05, 0) is 86.6 Å². The van der Waals surface area contributed by atoms with Crippen LogP contribution in [0.15, 0.2) is 113 Å². The fourth-order valence-electron chi connectivity index (χ4n) is 4.67. The van der Waals surface area contributed by atoms with Crippen LogP contribution in [0.5, 0.6) is 0 Å². The zero-order valence-corrected chi connectivity index (χ0v) is 22.5. The molecular weight excluding hydrogens is 498 g/mol. The van der Waals surface area contributed by atoms with Gasteiger partial charge in [0.15, 0.2) is 0 Å². The number of likely N-dealkylation sites (N-methyl/N-ethyl adjacent to an activating group) is 1. The molecule has 0 spiro atoms. The fourth-order valence-corrected chi connectivity index (χ4v) is 4.67. The first-order chi connectivity index (χ1) is 19.5. The van der Waals surface area contributed by atoms with Crippen molar-refractivity contribution in [2.75, 3.05) is 24.6 Å². The molecule has 0 bridgehead atoms. The molecule has 0 radical (unpaired) electrons. The molecule has 0 atom stereocenters. The summed E-state index contributed by atoms with van der Waals surface area (Å²) in [5, 5.41) is 20.0. The maximum absolute atomic E-state index is 11.7. The molecular formula is C33H29N5O2. The van der Waals surface area contributed by atoms with E-state index >= 15 is 0 Å². The Morgan fingerprint density at radius 2 is 1.60 bits per heavy atom. The first-order valence-electron chi connectivity index (χ1n) is 13.1. The van der Waals surface area contributed by atoms with Crippen LogP contribution in [0.3, 0.4) is 0 Å². The van der Waals surface area contributed by atoms with Crippen molar-refractivity contribution >= 4 is 44.8 Å². The summed E-state index contributed by atoms with van der Waals surface area (Å²) in [6.45, 7) is 9.06. The van der Waals surface area contributed by atoms with Crippen LogP contribution in [-0.2, 0) is 9.53 Å². The lowest BCUT2D eigenvalue weighted by Crippen LogP contribution is -2.28. The number of azo groups is 1. The first-order valence-corrected chi connectivity index (χ1v) is 13.1. The second-order valence-electron chi connectivity index (χ2n) is 9.43. The summed E-state index contributed by atoms with van der Waals surface area (Å²) in [4.78, 5) is 13.9. The molecule has 0 N–H and O–H groups in total. The smallest absolute Gasteiger partial charge is 0.333 e. The lowest BCUT2D eigenvalue weighted by atomic mass is 10.1. The zero-order chi connectivity index (χ0) is 28.1. The van der Waals surface area contributed by atoms with Crippen molar-refractivity contribution in [1.82, 2.24) is 4.57 Å². The minimum absolute atomic E-state index is 0.305. The van der Waals surface area contributed by atoms with Gasteiger partial charge in [-0.1, -0.05) is 24.8 Å². The van der Waals surface area contributed by atoms with E-state index in [1.807, 2.05) is 18.2 Å². The number of nitriles is 1. The van der Waals surface area contributed by atoms with Crippen LogP contribution in [0, 0.1) is 11.3 Å². The lowest BCUT2D eigenvalue weighted by molar-refractivity contribution is -0.138. The largest absolute Gasteiger partial charge is 0.460 e. The van der Waals surface area contributed by atoms with Crippen LogP contribution >= 0.6 is 0 Å². The highest BCUT2D eigenvalue weighted by Crippen LogP contribution is 2.35. The van der Waals surface area contributed by atoms with Gasteiger partial charge in [0, 0.05) is 34.3 Å². The lowest BCUT2D eigenvalue weighted by Gasteiger charge is -2.23. The molecule has 5 aromatic rings. The molecule has 0 saturated heterocycles. The maximum atomic E-state index is 11.7. The Morgan fingerprint density at radius 3 is 2.30 bits per heavy atom. The van der Waals surface area contributed by atoms with Crippen LogP contribution in [0.25, 0.3) is 27.5 Å². The van der Waals surface area contributed by atoms with Crippen molar-refractivity contribution in [3.63, 3.8) is 0 Å². The highest BCUT2D eigenvalue weighted by Gasteiger charge is 2.14. The summed E-state index contributed by atoms with van der Waals surface area (Å²) in [5.41, 5.74) is 6.72. The summed E-state index contributed by atoms with van der Waals surface area (Å²) in [6.07, 6.45) is 0. The van der Waals surface area contributed by atoms with Gasteiger partial charge >= 0.3 is 5.97 Å². The highest BCUT2D eigenvalue weighted by molar-refractivity contribution is 6.10. The number of ether oxygens (including phenoxy) is 1. The molecule has 0 unspecified atom stereocenters. The van der Waals surface area contributed by atoms with Gasteiger partial charge in [-0.15, -0.1) is 0 Å². The van der Waals surface area contributed by atoms with Gasteiger partial charge in [0.25, 0.3) is 0 Å². The van der Waals surface area contributed by atoms with Gasteiger partial charge in [-0.3, -0.25) is 0 Å².